The fraction of sp³-hybridized carbons (Fsp3) is 0.235. The average Bonchev–Trinajstić information content (AvgIpc) is 2.40. The Morgan fingerprint density at radius 3 is 2.36 bits per heavy atom. The van der Waals surface area contributed by atoms with E-state index < -0.39 is 11.6 Å². The van der Waals surface area contributed by atoms with E-state index in [1.165, 1.54) is 12.1 Å². The number of anilines is 1. The van der Waals surface area contributed by atoms with E-state index in [0.29, 0.717) is 16.1 Å². The molecule has 0 atom stereocenters. The fourth-order valence-electron chi connectivity index (χ4n) is 2.79. The first-order chi connectivity index (χ1) is 10.5. The number of nitrogens with one attached hydrogen (secondary N) is 1. The van der Waals surface area contributed by atoms with Crippen LogP contribution in [-0.2, 0) is 0 Å². The number of hydrogen-bond acceptors (Lipinski definition) is 2. The lowest BCUT2D eigenvalue weighted by Crippen LogP contribution is -2.34. The Morgan fingerprint density at radius 2 is 1.73 bits per heavy atom. The van der Waals surface area contributed by atoms with Crippen LogP contribution in [0.1, 0.15) is 29.9 Å². The maximum Gasteiger partial charge on any atom is 0.126 e. The zero-order chi connectivity index (χ0) is 15.7. The van der Waals surface area contributed by atoms with Gasteiger partial charge < -0.3 is 5.32 Å². The molecule has 0 amide bonds. The van der Waals surface area contributed by atoms with Crippen molar-refractivity contribution in [1.29, 1.82) is 5.26 Å². The van der Waals surface area contributed by atoms with Crippen molar-refractivity contribution in [3.05, 3.63) is 64.2 Å². The molecule has 2 aromatic carbocycles. The molecule has 3 rings (SSSR count). The van der Waals surface area contributed by atoms with Gasteiger partial charge in [0.25, 0.3) is 0 Å². The number of rotatable bonds is 3. The normalized spacial score (nSPS) is 20.1. The Kier molecular flexibility index (Phi) is 4.00. The van der Waals surface area contributed by atoms with E-state index in [4.69, 9.17) is 16.9 Å². The molecule has 0 spiro atoms. The van der Waals surface area contributed by atoms with Gasteiger partial charge in [-0.3, -0.25) is 0 Å². The average molecular weight is 319 g/mol. The van der Waals surface area contributed by atoms with Crippen LogP contribution in [-0.4, -0.2) is 6.04 Å². The van der Waals surface area contributed by atoms with E-state index in [-0.39, 0.29) is 12.0 Å². The lowest BCUT2D eigenvalue weighted by molar-refractivity contribution is 0.371. The molecule has 0 radical (unpaired) electrons. The molecule has 1 aliphatic rings. The summed E-state index contributed by atoms with van der Waals surface area (Å²) >= 11 is 5.96. The highest BCUT2D eigenvalue weighted by atomic mass is 35.5. The van der Waals surface area contributed by atoms with Crippen molar-refractivity contribution in [3.8, 4) is 6.07 Å². The Balaban J connectivity index is 1.64. The Morgan fingerprint density at radius 1 is 1.05 bits per heavy atom. The zero-order valence-electron chi connectivity index (χ0n) is 11.6. The molecule has 5 heteroatoms. The van der Waals surface area contributed by atoms with Crippen LogP contribution >= 0.6 is 11.6 Å². The summed E-state index contributed by atoms with van der Waals surface area (Å²) in [5, 5.41) is 12.7. The van der Waals surface area contributed by atoms with Crippen molar-refractivity contribution in [1.82, 2.24) is 0 Å². The predicted octanol–water partition coefficient (Wildman–Crippen LogP) is 4.85. The zero-order valence-corrected chi connectivity index (χ0v) is 12.4. The van der Waals surface area contributed by atoms with Crippen molar-refractivity contribution in [2.45, 2.75) is 24.8 Å². The summed E-state index contributed by atoms with van der Waals surface area (Å²) in [6, 6.07) is 11.0. The molecule has 0 bridgehead atoms. The van der Waals surface area contributed by atoms with Gasteiger partial charge in [-0.25, -0.2) is 8.78 Å². The standard InChI is InChI=1S/C17H13ClF2N2/c18-13-1-10(9-21)2-16(7-13)22-17-5-12(6-17)11-3-14(19)8-15(20)4-11/h1-4,7-8,12,17,22H,5-6H2. The third kappa shape index (κ3) is 3.20. The molecule has 112 valence electrons. The smallest absolute Gasteiger partial charge is 0.126 e. The van der Waals surface area contributed by atoms with Gasteiger partial charge in [-0.05, 0) is 54.7 Å². The molecule has 0 aliphatic heterocycles. The molecule has 0 unspecified atom stereocenters. The van der Waals surface area contributed by atoms with Crippen LogP contribution in [0.3, 0.4) is 0 Å². The quantitative estimate of drug-likeness (QED) is 0.878. The summed E-state index contributed by atoms with van der Waals surface area (Å²) in [5.41, 5.74) is 1.98. The minimum Gasteiger partial charge on any atom is -0.382 e. The third-order valence-corrected chi connectivity index (χ3v) is 4.11. The Hall–Kier alpha value is -2.12. The summed E-state index contributed by atoms with van der Waals surface area (Å²) in [6.07, 6.45) is 1.58. The van der Waals surface area contributed by atoms with Gasteiger partial charge in [0.15, 0.2) is 0 Å². The van der Waals surface area contributed by atoms with Crippen molar-refractivity contribution in [2.24, 2.45) is 0 Å². The molecule has 22 heavy (non-hydrogen) atoms. The van der Waals surface area contributed by atoms with Crippen molar-refractivity contribution < 1.29 is 8.78 Å². The molecule has 2 nitrogen and oxygen atoms in total. The van der Waals surface area contributed by atoms with E-state index >= 15 is 0 Å². The van der Waals surface area contributed by atoms with Crippen LogP contribution < -0.4 is 5.32 Å². The number of hydrogen-bond donors (Lipinski definition) is 1. The van der Waals surface area contributed by atoms with Gasteiger partial charge in [0, 0.05) is 22.8 Å². The van der Waals surface area contributed by atoms with Gasteiger partial charge >= 0.3 is 0 Å². The van der Waals surface area contributed by atoms with Crippen molar-refractivity contribution in [2.75, 3.05) is 5.32 Å². The van der Waals surface area contributed by atoms with Gasteiger partial charge in [0.2, 0.25) is 0 Å². The molecule has 1 fully saturated rings. The highest BCUT2D eigenvalue weighted by molar-refractivity contribution is 6.31. The molecular formula is C17H13ClF2N2. The van der Waals surface area contributed by atoms with Gasteiger partial charge in [0.05, 0.1) is 11.6 Å². The van der Waals surface area contributed by atoms with Crippen molar-refractivity contribution in [3.63, 3.8) is 0 Å². The van der Waals surface area contributed by atoms with E-state index in [9.17, 15) is 8.78 Å². The van der Waals surface area contributed by atoms with Gasteiger partial charge in [-0.1, -0.05) is 11.6 Å². The maximum absolute atomic E-state index is 13.2. The first-order valence-electron chi connectivity index (χ1n) is 6.96. The second kappa shape index (κ2) is 5.94. The first kappa shape index (κ1) is 14.8. The summed E-state index contributed by atoms with van der Waals surface area (Å²) in [4.78, 5) is 0. The number of nitriles is 1. The molecule has 0 heterocycles. The number of halogens is 3. The van der Waals surface area contributed by atoms with Gasteiger partial charge in [0.1, 0.15) is 11.6 Å². The van der Waals surface area contributed by atoms with Crippen LogP contribution in [0.25, 0.3) is 0 Å². The van der Waals surface area contributed by atoms with Crippen LogP contribution in [0.4, 0.5) is 14.5 Å². The lowest BCUT2D eigenvalue weighted by atomic mass is 9.75. The molecular weight excluding hydrogens is 306 g/mol. The van der Waals surface area contributed by atoms with Crippen LogP contribution in [0.15, 0.2) is 36.4 Å². The first-order valence-corrected chi connectivity index (χ1v) is 7.34. The third-order valence-electron chi connectivity index (χ3n) is 3.89. The maximum atomic E-state index is 13.2. The largest absolute Gasteiger partial charge is 0.382 e. The van der Waals surface area contributed by atoms with E-state index in [1.54, 1.807) is 18.2 Å². The topological polar surface area (TPSA) is 35.8 Å². The summed E-state index contributed by atoms with van der Waals surface area (Å²) in [7, 11) is 0. The lowest BCUT2D eigenvalue weighted by Gasteiger charge is -2.37. The fourth-order valence-corrected chi connectivity index (χ4v) is 3.03. The summed E-state index contributed by atoms with van der Waals surface area (Å²) in [5.74, 6) is -0.933. The molecule has 0 aromatic heterocycles. The minimum atomic E-state index is -0.542. The second-order valence-electron chi connectivity index (χ2n) is 5.55. The van der Waals surface area contributed by atoms with E-state index in [1.807, 2.05) is 0 Å². The van der Waals surface area contributed by atoms with Gasteiger partial charge in [-0.2, -0.15) is 5.26 Å². The predicted molar refractivity (Wildman–Crippen MR) is 81.9 cm³/mol. The van der Waals surface area contributed by atoms with E-state index in [0.717, 1.165) is 24.6 Å². The van der Waals surface area contributed by atoms with Crippen LogP contribution in [0.2, 0.25) is 5.02 Å². The molecule has 1 N–H and O–H groups in total. The molecule has 1 aliphatic carbocycles. The summed E-state index contributed by atoms with van der Waals surface area (Å²) < 4.78 is 26.4. The van der Waals surface area contributed by atoms with Gasteiger partial charge in [-0.15, -0.1) is 0 Å². The van der Waals surface area contributed by atoms with E-state index in [2.05, 4.69) is 11.4 Å². The monoisotopic (exact) mass is 318 g/mol. The molecule has 1 saturated carbocycles. The summed E-state index contributed by atoms with van der Waals surface area (Å²) in [6.45, 7) is 0. The minimum absolute atomic E-state index is 0.150. The highest BCUT2D eigenvalue weighted by Gasteiger charge is 2.30. The van der Waals surface area contributed by atoms with Crippen molar-refractivity contribution >= 4 is 17.3 Å². The SMILES string of the molecule is N#Cc1cc(Cl)cc(NC2CC(c3cc(F)cc(F)c3)C2)c1. The Labute approximate surface area is 132 Å². The number of benzene rings is 2. The Bertz CT molecular complexity index is 729. The number of nitrogens with zero attached hydrogens (tertiary/aromatic N) is 1. The molecule has 0 saturated heterocycles. The van der Waals surface area contributed by atoms with Crippen LogP contribution in [0.5, 0.6) is 0 Å². The highest BCUT2D eigenvalue weighted by Crippen LogP contribution is 2.39. The molecule has 2 aromatic rings. The van der Waals surface area contributed by atoms with Crippen LogP contribution in [0, 0.1) is 23.0 Å². The second-order valence-corrected chi connectivity index (χ2v) is 5.99.